The maximum absolute atomic E-state index is 4.32. The number of aromatic amines is 1. The molecule has 0 aliphatic carbocycles. The van der Waals surface area contributed by atoms with Gasteiger partial charge in [0, 0.05) is 11.9 Å². The molecule has 2 aromatic rings. The molecule has 2 N–H and O–H groups in total. The first-order valence-corrected chi connectivity index (χ1v) is 5.82. The lowest BCUT2D eigenvalue weighted by Crippen LogP contribution is -2.24. The van der Waals surface area contributed by atoms with Crippen LogP contribution in [0.4, 0.5) is 0 Å². The molecular formula is C12H17N5. The number of nitrogens with one attached hydrogen (secondary N) is 2. The Morgan fingerprint density at radius 1 is 1.35 bits per heavy atom. The van der Waals surface area contributed by atoms with Crippen molar-refractivity contribution < 1.29 is 0 Å². The Hall–Kier alpha value is -1.75. The van der Waals surface area contributed by atoms with Crippen molar-refractivity contribution in [2.45, 2.75) is 26.3 Å². The molecule has 0 aromatic carbocycles. The van der Waals surface area contributed by atoms with Crippen LogP contribution in [0.15, 0.2) is 24.7 Å². The van der Waals surface area contributed by atoms with Crippen LogP contribution in [0.3, 0.4) is 0 Å². The Morgan fingerprint density at radius 2 is 2.24 bits per heavy atom. The fourth-order valence-corrected chi connectivity index (χ4v) is 1.67. The summed E-state index contributed by atoms with van der Waals surface area (Å²) in [5.74, 6) is 0.823. The minimum absolute atomic E-state index is 0.0329. The van der Waals surface area contributed by atoms with Crippen LogP contribution in [0, 0.1) is 6.92 Å². The lowest BCUT2D eigenvalue weighted by molar-refractivity contribution is 0.572. The van der Waals surface area contributed by atoms with E-state index >= 15 is 0 Å². The van der Waals surface area contributed by atoms with E-state index < -0.39 is 0 Å². The van der Waals surface area contributed by atoms with E-state index in [-0.39, 0.29) is 6.04 Å². The Kier molecular flexibility index (Phi) is 3.82. The average Bonchev–Trinajstić information content (AvgIpc) is 2.85. The van der Waals surface area contributed by atoms with Crippen molar-refractivity contribution in [1.82, 2.24) is 25.5 Å². The highest BCUT2D eigenvalue weighted by molar-refractivity contribution is 5.22. The van der Waals surface area contributed by atoms with Gasteiger partial charge >= 0.3 is 0 Å². The smallest absolute Gasteiger partial charge is 0.146 e. The van der Waals surface area contributed by atoms with E-state index in [9.17, 15) is 0 Å². The van der Waals surface area contributed by atoms with Gasteiger partial charge in [0.05, 0.1) is 6.04 Å². The third kappa shape index (κ3) is 2.88. The molecule has 2 rings (SSSR count). The van der Waals surface area contributed by atoms with Gasteiger partial charge in [0.25, 0.3) is 0 Å². The van der Waals surface area contributed by atoms with Crippen LogP contribution in [0.1, 0.15) is 36.5 Å². The van der Waals surface area contributed by atoms with Gasteiger partial charge in [-0.05, 0) is 31.5 Å². The number of rotatable bonds is 5. The Morgan fingerprint density at radius 3 is 2.82 bits per heavy atom. The number of pyridine rings is 1. The van der Waals surface area contributed by atoms with E-state index in [1.54, 1.807) is 0 Å². The van der Waals surface area contributed by atoms with Crippen molar-refractivity contribution in [2.75, 3.05) is 6.54 Å². The average molecular weight is 231 g/mol. The summed E-state index contributed by atoms with van der Waals surface area (Å²) < 4.78 is 0. The molecule has 2 heterocycles. The van der Waals surface area contributed by atoms with Gasteiger partial charge in [-0.2, -0.15) is 5.10 Å². The van der Waals surface area contributed by atoms with E-state index in [0.29, 0.717) is 0 Å². The molecule has 2 aromatic heterocycles. The number of hydrogen-bond acceptors (Lipinski definition) is 4. The first-order chi connectivity index (χ1) is 8.31. The highest BCUT2D eigenvalue weighted by atomic mass is 15.2. The monoisotopic (exact) mass is 231 g/mol. The maximum atomic E-state index is 4.32. The summed E-state index contributed by atoms with van der Waals surface area (Å²) in [5.41, 5.74) is 2.11. The second-order valence-corrected chi connectivity index (χ2v) is 3.99. The van der Waals surface area contributed by atoms with E-state index in [1.165, 1.54) is 6.33 Å². The number of aryl methyl sites for hydroxylation is 1. The first kappa shape index (κ1) is 11.7. The van der Waals surface area contributed by atoms with Gasteiger partial charge in [0.2, 0.25) is 0 Å². The zero-order valence-corrected chi connectivity index (χ0v) is 10.1. The van der Waals surface area contributed by atoms with Crippen molar-refractivity contribution in [3.05, 3.63) is 41.7 Å². The molecular weight excluding hydrogens is 214 g/mol. The predicted octanol–water partition coefficient (Wildman–Crippen LogP) is 1.60. The fraction of sp³-hybridized carbons (Fsp3) is 0.417. The summed E-state index contributed by atoms with van der Waals surface area (Å²) in [5, 5.41) is 10.2. The molecule has 0 fully saturated rings. The van der Waals surface area contributed by atoms with Crippen LogP contribution in [0.25, 0.3) is 0 Å². The first-order valence-electron chi connectivity index (χ1n) is 5.82. The fourth-order valence-electron chi connectivity index (χ4n) is 1.67. The molecule has 0 spiro atoms. The standard InChI is InChI=1S/C12H17N5/c1-3-6-13-11(12-15-8-16-17-12)10-5-4-9(2)14-7-10/h4-5,7-8,11,13H,3,6H2,1-2H3,(H,15,16,17). The van der Waals surface area contributed by atoms with Crippen molar-refractivity contribution in [1.29, 1.82) is 0 Å². The second-order valence-electron chi connectivity index (χ2n) is 3.99. The molecule has 0 radical (unpaired) electrons. The molecule has 0 saturated carbocycles. The minimum Gasteiger partial charge on any atom is -0.304 e. The summed E-state index contributed by atoms with van der Waals surface area (Å²) in [6.45, 7) is 5.05. The van der Waals surface area contributed by atoms with Crippen molar-refractivity contribution in [3.63, 3.8) is 0 Å². The van der Waals surface area contributed by atoms with Crippen molar-refractivity contribution in [2.24, 2.45) is 0 Å². The number of H-pyrrole nitrogens is 1. The van der Waals surface area contributed by atoms with Crippen LogP contribution >= 0.6 is 0 Å². The summed E-state index contributed by atoms with van der Waals surface area (Å²) in [7, 11) is 0. The zero-order chi connectivity index (χ0) is 12.1. The third-order valence-corrected chi connectivity index (χ3v) is 2.57. The Balaban J connectivity index is 2.23. The van der Waals surface area contributed by atoms with Crippen LogP contribution in [0.2, 0.25) is 0 Å². The largest absolute Gasteiger partial charge is 0.304 e. The van der Waals surface area contributed by atoms with Gasteiger partial charge in [-0.1, -0.05) is 13.0 Å². The highest BCUT2D eigenvalue weighted by Gasteiger charge is 2.16. The normalized spacial score (nSPS) is 12.6. The summed E-state index contributed by atoms with van der Waals surface area (Å²) in [6.07, 6.45) is 4.48. The van der Waals surface area contributed by atoms with Crippen LogP contribution in [0.5, 0.6) is 0 Å². The highest BCUT2D eigenvalue weighted by Crippen LogP contribution is 2.17. The lowest BCUT2D eigenvalue weighted by Gasteiger charge is -2.16. The van der Waals surface area contributed by atoms with Gasteiger partial charge in [0.1, 0.15) is 12.2 Å². The van der Waals surface area contributed by atoms with Crippen LogP contribution in [-0.4, -0.2) is 26.7 Å². The van der Waals surface area contributed by atoms with E-state index in [0.717, 1.165) is 30.0 Å². The maximum Gasteiger partial charge on any atom is 0.146 e. The lowest BCUT2D eigenvalue weighted by atomic mass is 10.1. The van der Waals surface area contributed by atoms with E-state index in [4.69, 9.17) is 0 Å². The molecule has 1 unspecified atom stereocenters. The Bertz CT molecular complexity index is 434. The molecule has 5 nitrogen and oxygen atoms in total. The van der Waals surface area contributed by atoms with Gasteiger partial charge in [0.15, 0.2) is 0 Å². The quantitative estimate of drug-likeness (QED) is 0.820. The minimum atomic E-state index is 0.0329. The van der Waals surface area contributed by atoms with Gasteiger partial charge in [-0.15, -0.1) is 0 Å². The van der Waals surface area contributed by atoms with Gasteiger partial charge in [-0.25, -0.2) is 4.98 Å². The molecule has 0 bridgehead atoms. The summed E-state index contributed by atoms with van der Waals surface area (Å²) in [4.78, 5) is 8.53. The predicted molar refractivity (Wildman–Crippen MR) is 65.5 cm³/mol. The summed E-state index contributed by atoms with van der Waals surface area (Å²) in [6, 6.07) is 4.11. The molecule has 17 heavy (non-hydrogen) atoms. The third-order valence-electron chi connectivity index (χ3n) is 2.57. The summed E-state index contributed by atoms with van der Waals surface area (Å²) >= 11 is 0. The second kappa shape index (κ2) is 5.54. The Labute approximate surface area is 101 Å². The van der Waals surface area contributed by atoms with Gasteiger partial charge in [-0.3, -0.25) is 10.1 Å². The number of nitrogens with zero attached hydrogens (tertiary/aromatic N) is 3. The SMILES string of the molecule is CCCNC(c1ccc(C)nc1)c1ncn[nH]1. The topological polar surface area (TPSA) is 66.5 Å². The van der Waals surface area contributed by atoms with Crippen LogP contribution in [-0.2, 0) is 0 Å². The molecule has 0 aliphatic heterocycles. The molecule has 90 valence electrons. The molecule has 0 saturated heterocycles. The zero-order valence-electron chi connectivity index (χ0n) is 10.1. The molecule has 0 amide bonds. The van der Waals surface area contributed by atoms with Gasteiger partial charge < -0.3 is 5.32 Å². The van der Waals surface area contributed by atoms with E-state index in [1.807, 2.05) is 19.2 Å². The molecule has 1 atom stereocenters. The van der Waals surface area contributed by atoms with Crippen LogP contribution < -0.4 is 5.32 Å². The van der Waals surface area contributed by atoms with Crippen molar-refractivity contribution in [3.8, 4) is 0 Å². The van der Waals surface area contributed by atoms with Crippen molar-refractivity contribution >= 4 is 0 Å². The van der Waals surface area contributed by atoms with E-state index in [2.05, 4.69) is 38.5 Å². The molecule has 0 aliphatic rings. The molecule has 5 heteroatoms. The number of hydrogen-bond donors (Lipinski definition) is 2. The number of aromatic nitrogens is 4.